The van der Waals surface area contributed by atoms with Gasteiger partial charge in [0.25, 0.3) is 0 Å². The van der Waals surface area contributed by atoms with Crippen LogP contribution in [0.3, 0.4) is 0 Å². The van der Waals surface area contributed by atoms with E-state index in [1.54, 1.807) is 13.2 Å². The van der Waals surface area contributed by atoms with Gasteiger partial charge in [-0.3, -0.25) is 9.88 Å². The van der Waals surface area contributed by atoms with Crippen molar-refractivity contribution >= 4 is 33.6 Å². The van der Waals surface area contributed by atoms with Gasteiger partial charge in [-0.2, -0.15) is 9.97 Å². The molecule has 2 bridgehead atoms. The maximum atomic E-state index is 16.9. The summed E-state index contributed by atoms with van der Waals surface area (Å²) in [6, 6.07) is 13.3. The predicted molar refractivity (Wildman–Crippen MR) is 179 cm³/mol. The van der Waals surface area contributed by atoms with Crippen molar-refractivity contribution in [1.82, 2.24) is 30.5 Å². The first-order valence-electron chi connectivity index (χ1n) is 17.1. The molecule has 0 saturated carbocycles. The third-order valence-corrected chi connectivity index (χ3v) is 10.9. The number of anilines is 1. The van der Waals surface area contributed by atoms with Gasteiger partial charge in [0.1, 0.15) is 30.2 Å². The number of aryl methyl sites for hydroxylation is 1. The molecule has 4 aliphatic rings. The van der Waals surface area contributed by atoms with Gasteiger partial charge in [0.2, 0.25) is 0 Å². The zero-order valence-corrected chi connectivity index (χ0v) is 27.1. The Morgan fingerprint density at radius 2 is 1.91 bits per heavy atom. The summed E-state index contributed by atoms with van der Waals surface area (Å²) in [6.07, 6.45) is 8.27. The Hall–Kier alpha value is -4.09. The molecule has 246 valence electrons. The summed E-state index contributed by atoms with van der Waals surface area (Å²) in [4.78, 5) is 30.9. The molecule has 0 spiro atoms. The van der Waals surface area contributed by atoms with Crippen molar-refractivity contribution in [2.75, 3.05) is 44.8 Å². The standard InChI is InChI=1S/C36H42FN7O3/c1-3-22-7-4-8-23-9-5-10-27(29(22)23)31-30(37)32-28(17-39-31)33(43-18-24-11-12-25(19-43)40-24)42-34(41-32)47-21-36-14-6-16-44(36)26(13-15-36)20-46-35(45)38-2/h4-5,7-10,17,24-26,40H,3,6,11-16,18-21H2,1-2H3,(H,38,45)/t24?,25?,26-,36?/m1/s1. The Morgan fingerprint density at radius 1 is 1.11 bits per heavy atom. The number of hydrogen-bond donors (Lipinski definition) is 2. The molecular weight excluding hydrogens is 597 g/mol. The molecule has 2 aromatic heterocycles. The molecule has 4 atom stereocenters. The van der Waals surface area contributed by atoms with Crippen LogP contribution >= 0.6 is 0 Å². The molecule has 11 heteroatoms. The van der Waals surface area contributed by atoms with Crippen molar-refractivity contribution in [1.29, 1.82) is 0 Å². The molecule has 0 aliphatic carbocycles. The number of nitrogens with zero attached hydrogens (tertiary/aromatic N) is 5. The van der Waals surface area contributed by atoms with Crippen LogP contribution in [0, 0.1) is 5.82 Å². The topological polar surface area (TPSA) is 105 Å². The highest BCUT2D eigenvalue weighted by molar-refractivity contribution is 6.00. The Balaban J connectivity index is 1.17. The number of alkyl carbamates (subject to hydrolysis) is 1. The Labute approximate surface area is 274 Å². The van der Waals surface area contributed by atoms with Crippen LogP contribution < -0.4 is 20.3 Å². The van der Waals surface area contributed by atoms with E-state index in [2.05, 4.69) is 45.6 Å². The highest BCUT2D eigenvalue weighted by Gasteiger charge is 2.50. The van der Waals surface area contributed by atoms with E-state index in [9.17, 15) is 4.79 Å². The minimum absolute atomic E-state index is 0.141. The van der Waals surface area contributed by atoms with E-state index in [1.807, 2.05) is 18.2 Å². The smallest absolute Gasteiger partial charge is 0.406 e. The SMILES string of the molecule is CCc1cccc2cccc(-c3ncc4c(N5CC6CCC(C5)N6)nc(OCC56CCCN5[C@@H](COC(=O)NC)CC6)nc4c3F)c12. The van der Waals surface area contributed by atoms with Crippen LogP contribution in [0.15, 0.2) is 42.6 Å². The maximum Gasteiger partial charge on any atom is 0.406 e. The number of nitrogens with one attached hydrogen (secondary N) is 2. The molecule has 6 heterocycles. The fraction of sp³-hybridized carbons (Fsp3) is 0.500. The molecule has 2 N–H and O–H groups in total. The number of halogens is 1. The second kappa shape index (κ2) is 12.2. The molecule has 4 aromatic rings. The Kier molecular flexibility index (Phi) is 7.84. The lowest BCUT2D eigenvalue weighted by atomic mass is 9.95. The zero-order chi connectivity index (χ0) is 32.1. The van der Waals surface area contributed by atoms with Crippen LogP contribution in [0.4, 0.5) is 15.0 Å². The molecule has 1 amide bonds. The summed E-state index contributed by atoms with van der Waals surface area (Å²) in [7, 11) is 1.57. The van der Waals surface area contributed by atoms with Crippen LogP contribution in [0.5, 0.6) is 6.01 Å². The minimum Gasteiger partial charge on any atom is -0.461 e. The minimum atomic E-state index is -0.458. The summed E-state index contributed by atoms with van der Waals surface area (Å²) < 4.78 is 28.8. The quantitative estimate of drug-likeness (QED) is 0.269. The molecule has 2 aromatic carbocycles. The second-order valence-corrected chi connectivity index (χ2v) is 13.6. The van der Waals surface area contributed by atoms with Crippen LogP contribution in [-0.4, -0.2) is 89.5 Å². The number of pyridine rings is 1. The van der Waals surface area contributed by atoms with Crippen molar-refractivity contribution in [2.24, 2.45) is 0 Å². The third-order valence-electron chi connectivity index (χ3n) is 10.9. The first-order valence-corrected chi connectivity index (χ1v) is 17.1. The first-order chi connectivity index (χ1) is 23.0. The molecule has 4 fully saturated rings. The molecule has 8 rings (SSSR count). The Morgan fingerprint density at radius 3 is 2.70 bits per heavy atom. The first kappa shape index (κ1) is 30.3. The van der Waals surface area contributed by atoms with E-state index in [-0.39, 0.29) is 28.8 Å². The molecule has 4 saturated heterocycles. The molecule has 0 radical (unpaired) electrons. The van der Waals surface area contributed by atoms with Crippen molar-refractivity contribution in [3.8, 4) is 17.3 Å². The molecule has 4 aliphatic heterocycles. The summed E-state index contributed by atoms with van der Waals surface area (Å²) in [6.45, 7) is 5.36. The van der Waals surface area contributed by atoms with Gasteiger partial charge >= 0.3 is 12.1 Å². The van der Waals surface area contributed by atoms with Crippen LogP contribution in [0.25, 0.3) is 32.9 Å². The number of ether oxygens (including phenoxy) is 2. The average molecular weight is 640 g/mol. The van der Waals surface area contributed by atoms with Crippen LogP contribution in [-0.2, 0) is 11.2 Å². The van der Waals surface area contributed by atoms with Gasteiger partial charge in [-0.25, -0.2) is 9.18 Å². The lowest BCUT2D eigenvalue weighted by Gasteiger charge is -2.35. The van der Waals surface area contributed by atoms with Gasteiger partial charge in [-0.15, -0.1) is 0 Å². The second-order valence-electron chi connectivity index (χ2n) is 13.6. The fourth-order valence-electron chi connectivity index (χ4n) is 8.63. The van der Waals surface area contributed by atoms with Gasteiger partial charge < -0.3 is 25.0 Å². The normalized spacial score (nSPS) is 25.4. The highest BCUT2D eigenvalue weighted by atomic mass is 19.1. The third kappa shape index (κ3) is 5.33. The van der Waals surface area contributed by atoms with E-state index in [4.69, 9.17) is 24.4 Å². The van der Waals surface area contributed by atoms with Crippen molar-refractivity contribution in [3.05, 3.63) is 54.0 Å². The van der Waals surface area contributed by atoms with Crippen LogP contribution in [0.2, 0.25) is 0 Å². The van der Waals surface area contributed by atoms with Gasteiger partial charge in [0, 0.05) is 50.0 Å². The van der Waals surface area contributed by atoms with Gasteiger partial charge in [0.05, 0.1) is 10.9 Å². The van der Waals surface area contributed by atoms with E-state index in [0.717, 1.165) is 86.5 Å². The number of aromatic nitrogens is 3. The number of benzene rings is 2. The lowest BCUT2D eigenvalue weighted by Crippen LogP contribution is -2.51. The number of carbonyl (C=O) groups excluding carboxylic acids is 1. The van der Waals surface area contributed by atoms with Crippen molar-refractivity contribution < 1.29 is 18.7 Å². The van der Waals surface area contributed by atoms with Crippen LogP contribution in [0.1, 0.15) is 51.0 Å². The summed E-state index contributed by atoms with van der Waals surface area (Å²) >= 11 is 0. The number of carbonyl (C=O) groups is 1. The number of hydrogen-bond acceptors (Lipinski definition) is 9. The summed E-state index contributed by atoms with van der Waals surface area (Å²) in [5.41, 5.74) is 2.24. The zero-order valence-electron chi connectivity index (χ0n) is 27.1. The molecule has 47 heavy (non-hydrogen) atoms. The monoisotopic (exact) mass is 639 g/mol. The number of amides is 1. The Bertz CT molecular complexity index is 1820. The van der Waals surface area contributed by atoms with Gasteiger partial charge in [-0.05, 0) is 67.8 Å². The molecule has 3 unspecified atom stereocenters. The molecule has 10 nitrogen and oxygen atoms in total. The summed E-state index contributed by atoms with van der Waals surface area (Å²) in [5.74, 6) is 0.220. The van der Waals surface area contributed by atoms with E-state index >= 15 is 4.39 Å². The van der Waals surface area contributed by atoms with Gasteiger partial charge in [-0.1, -0.05) is 43.3 Å². The van der Waals surface area contributed by atoms with E-state index in [1.165, 1.54) is 0 Å². The van der Waals surface area contributed by atoms with E-state index in [0.29, 0.717) is 36.5 Å². The van der Waals surface area contributed by atoms with Crippen molar-refractivity contribution in [2.45, 2.75) is 75.5 Å². The number of rotatable bonds is 8. The predicted octanol–water partition coefficient (Wildman–Crippen LogP) is 5.22. The number of piperazine rings is 1. The van der Waals surface area contributed by atoms with E-state index < -0.39 is 11.9 Å². The largest absolute Gasteiger partial charge is 0.461 e. The van der Waals surface area contributed by atoms with Gasteiger partial charge in [0.15, 0.2) is 5.82 Å². The van der Waals surface area contributed by atoms with Crippen molar-refractivity contribution in [3.63, 3.8) is 0 Å². The lowest BCUT2D eigenvalue weighted by molar-refractivity contribution is 0.0556. The number of fused-ring (bicyclic) bond motifs is 5. The maximum absolute atomic E-state index is 16.9. The average Bonchev–Trinajstić information content (AvgIpc) is 3.78. The highest BCUT2D eigenvalue weighted by Crippen LogP contribution is 2.43. The molecular formula is C36H42FN7O3. The fourth-order valence-corrected chi connectivity index (χ4v) is 8.63. The summed E-state index contributed by atoms with van der Waals surface area (Å²) in [5, 5.41) is 8.89.